The lowest BCUT2D eigenvalue weighted by Gasteiger charge is -2.36. The number of thiazole rings is 1. The Morgan fingerprint density at radius 3 is 2.76 bits per heavy atom. The van der Waals surface area contributed by atoms with Gasteiger partial charge in [-0.2, -0.15) is 0 Å². The summed E-state index contributed by atoms with van der Waals surface area (Å²) < 4.78 is 11.3. The van der Waals surface area contributed by atoms with Crippen molar-refractivity contribution in [3.63, 3.8) is 0 Å². The number of rotatable bonds is 6. The van der Waals surface area contributed by atoms with Gasteiger partial charge < -0.3 is 9.47 Å². The Balaban J connectivity index is 1.73. The fraction of sp³-hybridized carbons (Fsp3) is 0.360. The van der Waals surface area contributed by atoms with Crippen molar-refractivity contribution in [3.05, 3.63) is 47.5 Å². The number of ether oxygens (including phenoxy) is 2. The zero-order chi connectivity index (χ0) is 23.7. The number of aryl methyl sites for hydroxylation is 1. The Morgan fingerprint density at radius 1 is 1.27 bits per heavy atom. The predicted octanol–water partition coefficient (Wildman–Crippen LogP) is 5.02. The molecule has 0 spiro atoms. The van der Waals surface area contributed by atoms with Crippen molar-refractivity contribution in [2.45, 2.75) is 59.3 Å². The Labute approximate surface area is 197 Å². The summed E-state index contributed by atoms with van der Waals surface area (Å²) in [5, 5.41) is 0.823. The number of benzene rings is 1. The summed E-state index contributed by atoms with van der Waals surface area (Å²) in [6.07, 6.45) is 1.53. The smallest absolute Gasteiger partial charge is 0.329 e. The summed E-state index contributed by atoms with van der Waals surface area (Å²) in [5.74, 6) is -0.172. The second kappa shape index (κ2) is 9.31. The molecule has 0 fully saturated rings. The van der Waals surface area contributed by atoms with Gasteiger partial charge in [0.15, 0.2) is 6.10 Å². The van der Waals surface area contributed by atoms with Crippen LogP contribution >= 0.6 is 11.3 Å². The van der Waals surface area contributed by atoms with Crippen LogP contribution < -0.4 is 9.64 Å². The Bertz CT molecular complexity index is 1180. The summed E-state index contributed by atoms with van der Waals surface area (Å²) in [4.78, 5) is 37.6. The van der Waals surface area contributed by atoms with Crippen LogP contribution in [-0.4, -0.2) is 40.1 Å². The molecule has 0 saturated carbocycles. The fourth-order valence-electron chi connectivity index (χ4n) is 3.66. The van der Waals surface area contributed by atoms with Gasteiger partial charge in [-0.3, -0.25) is 14.7 Å². The summed E-state index contributed by atoms with van der Waals surface area (Å²) in [6, 6.07) is 10.5. The maximum Gasteiger partial charge on any atom is 0.329 e. The number of fused-ring (bicyclic) bond motifs is 1. The fourth-order valence-corrected chi connectivity index (χ4v) is 4.57. The lowest BCUT2D eigenvalue weighted by Crippen LogP contribution is -2.52. The molecule has 1 aromatic carbocycles. The number of anilines is 1. The second-order valence-corrected chi connectivity index (χ2v) is 9.32. The number of aromatic nitrogens is 2. The number of hydrogen-bond donors (Lipinski definition) is 0. The molecular formula is C25H27N3O4S. The molecule has 3 unspecified atom stereocenters. The highest BCUT2D eigenvalue weighted by molar-refractivity contribution is 7.15. The molecule has 4 rings (SSSR count). The van der Waals surface area contributed by atoms with Gasteiger partial charge in [0, 0.05) is 16.6 Å². The van der Waals surface area contributed by atoms with Crippen molar-refractivity contribution < 1.29 is 19.1 Å². The first kappa shape index (κ1) is 22.9. The van der Waals surface area contributed by atoms with E-state index in [-0.39, 0.29) is 12.0 Å². The third-order valence-corrected chi connectivity index (χ3v) is 6.68. The van der Waals surface area contributed by atoms with E-state index < -0.39 is 18.1 Å². The molecule has 1 aliphatic heterocycles. The summed E-state index contributed by atoms with van der Waals surface area (Å²) in [5.41, 5.74) is 2.99. The SMILES string of the molecule is CCC(C)OC(=O)C(C)N1C(=O)C(C)Oc2ccc(-c3nc(-c4ccccn4)sc3C)cc21. The highest BCUT2D eigenvalue weighted by atomic mass is 32.1. The minimum Gasteiger partial charge on any atom is -0.479 e. The summed E-state index contributed by atoms with van der Waals surface area (Å²) >= 11 is 1.56. The zero-order valence-corrected chi connectivity index (χ0v) is 20.2. The summed E-state index contributed by atoms with van der Waals surface area (Å²) in [7, 11) is 0. The normalized spacial score (nSPS) is 17.2. The molecule has 1 aliphatic rings. The van der Waals surface area contributed by atoms with Crippen LogP contribution in [-0.2, 0) is 14.3 Å². The second-order valence-electron chi connectivity index (χ2n) is 8.12. The first-order valence-corrected chi connectivity index (χ1v) is 11.8. The molecule has 7 nitrogen and oxygen atoms in total. The van der Waals surface area contributed by atoms with E-state index in [2.05, 4.69) is 4.98 Å². The quantitative estimate of drug-likeness (QED) is 0.475. The lowest BCUT2D eigenvalue weighted by molar-refractivity contribution is -0.151. The van der Waals surface area contributed by atoms with Gasteiger partial charge in [-0.25, -0.2) is 9.78 Å². The van der Waals surface area contributed by atoms with E-state index in [1.807, 2.05) is 57.2 Å². The van der Waals surface area contributed by atoms with E-state index in [4.69, 9.17) is 14.5 Å². The largest absolute Gasteiger partial charge is 0.479 e. The molecule has 3 heterocycles. The van der Waals surface area contributed by atoms with Crippen molar-refractivity contribution in [2.24, 2.45) is 0 Å². The number of nitrogens with zero attached hydrogens (tertiary/aromatic N) is 3. The van der Waals surface area contributed by atoms with Crippen molar-refractivity contribution in [3.8, 4) is 27.7 Å². The molecule has 0 radical (unpaired) electrons. The average molecular weight is 466 g/mol. The Hall–Kier alpha value is -3.26. The van der Waals surface area contributed by atoms with Crippen LogP contribution in [0.5, 0.6) is 5.75 Å². The third-order valence-electron chi connectivity index (χ3n) is 5.68. The molecule has 0 saturated heterocycles. The van der Waals surface area contributed by atoms with Gasteiger partial charge in [-0.15, -0.1) is 11.3 Å². The van der Waals surface area contributed by atoms with E-state index in [1.54, 1.807) is 31.4 Å². The van der Waals surface area contributed by atoms with Gasteiger partial charge in [0.25, 0.3) is 5.91 Å². The van der Waals surface area contributed by atoms with Crippen molar-refractivity contribution in [2.75, 3.05) is 4.90 Å². The van der Waals surface area contributed by atoms with Gasteiger partial charge in [0.2, 0.25) is 0 Å². The van der Waals surface area contributed by atoms with E-state index in [0.29, 0.717) is 17.9 Å². The monoisotopic (exact) mass is 465 g/mol. The number of carbonyl (C=O) groups is 2. The first-order chi connectivity index (χ1) is 15.8. The van der Waals surface area contributed by atoms with Crippen molar-refractivity contribution >= 4 is 28.9 Å². The number of esters is 1. The Kier molecular flexibility index (Phi) is 6.47. The molecule has 3 atom stereocenters. The first-order valence-electron chi connectivity index (χ1n) is 11.0. The van der Waals surface area contributed by atoms with Gasteiger partial charge in [0.05, 0.1) is 23.2 Å². The van der Waals surface area contributed by atoms with E-state index in [9.17, 15) is 9.59 Å². The van der Waals surface area contributed by atoms with Crippen molar-refractivity contribution in [1.29, 1.82) is 0 Å². The topological polar surface area (TPSA) is 81.6 Å². The summed E-state index contributed by atoms with van der Waals surface area (Å²) in [6.45, 7) is 9.16. The molecule has 3 aromatic rings. The van der Waals surface area contributed by atoms with E-state index >= 15 is 0 Å². The van der Waals surface area contributed by atoms with Crippen LogP contribution in [0.3, 0.4) is 0 Å². The molecule has 0 N–H and O–H groups in total. The predicted molar refractivity (Wildman–Crippen MR) is 128 cm³/mol. The van der Waals surface area contributed by atoms with Crippen LogP contribution in [0.4, 0.5) is 5.69 Å². The maximum absolute atomic E-state index is 13.1. The van der Waals surface area contributed by atoms with Crippen LogP contribution in [0.25, 0.3) is 22.0 Å². The molecule has 1 amide bonds. The van der Waals surface area contributed by atoms with E-state index in [0.717, 1.165) is 26.8 Å². The highest BCUT2D eigenvalue weighted by Gasteiger charge is 2.38. The number of pyridine rings is 1. The average Bonchev–Trinajstić information content (AvgIpc) is 3.21. The van der Waals surface area contributed by atoms with Crippen LogP contribution in [0.1, 0.15) is 39.0 Å². The van der Waals surface area contributed by atoms with Gasteiger partial charge >= 0.3 is 5.97 Å². The number of carbonyl (C=O) groups excluding carboxylic acids is 2. The molecule has 0 bridgehead atoms. The number of hydrogen-bond acceptors (Lipinski definition) is 7. The van der Waals surface area contributed by atoms with Gasteiger partial charge in [-0.05, 0) is 64.4 Å². The molecule has 33 heavy (non-hydrogen) atoms. The van der Waals surface area contributed by atoms with E-state index in [1.165, 1.54) is 4.90 Å². The third kappa shape index (κ3) is 4.48. The highest BCUT2D eigenvalue weighted by Crippen LogP contribution is 2.40. The molecule has 8 heteroatoms. The minimum atomic E-state index is -0.785. The lowest BCUT2D eigenvalue weighted by atomic mass is 10.1. The van der Waals surface area contributed by atoms with Crippen LogP contribution in [0.2, 0.25) is 0 Å². The molecule has 2 aromatic heterocycles. The van der Waals surface area contributed by atoms with Crippen molar-refractivity contribution in [1.82, 2.24) is 9.97 Å². The molecule has 172 valence electrons. The molecule has 0 aliphatic carbocycles. The van der Waals surface area contributed by atoms with Crippen LogP contribution in [0.15, 0.2) is 42.6 Å². The van der Waals surface area contributed by atoms with Gasteiger partial charge in [-0.1, -0.05) is 13.0 Å². The Morgan fingerprint density at radius 2 is 2.06 bits per heavy atom. The van der Waals surface area contributed by atoms with Gasteiger partial charge in [0.1, 0.15) is 16.8 Å². The molecular weight excluding hydrogens is 438 g/mol. The zero-order valence-electron chi connectivity index (χ0n) is 19.4. The maximum atomic E-state index is 13.1. The number of amides is 1. The minimum absolute atomic E-state index is 0.220. The standard InChI is InChI=1S/C25H27N3O4S/c1-6-14(2)31-25(30)15(3)28-20-13-18(10-11-21(20)32-16(4)24(28)29)22-17(5)33-23(27-22)19-9-7-8-12-26-19/h7-16H,6H2,1-5H3. The van der Waals surface area contributed by atoms with Crippen LogP contribution in [0, 0.1) is 6.92 Å².